The van der Waals surface area contributed by atoms with E-state index in [1.54, 1.807) is 12.1 Å². The van der Waals surface area contributed by atoms with Crippen molar-refractivity contribution in [3.05, 3.63) is 90.7 Å². The van der Waals surface area contributed by atoms with Crippen LogP contribution in [0.3, 0.4) is 0 Å². The third kappa shape index (κ3) is 3.84. The molecule has 2 aliphatic heterocycles. The Hall–Kier alpha value is -4.02. The highest BCUT2D eigenvalue weighted by Gasteiger charge is 2.37. The number of fused-ring (bicyclic) bond motifs is 2. The number of rotatable bonds is 6. The van der Waals surface area contributed by atoms with Crippen molar-refractivity contribution in [2.45, 2.75) is 13.1 Å². The van der Waals surface area contributed by atoms with Gasteiger partial charge in [0.2, 0.25) is 0 Å². The van der Waals surface area contributed by atoms with Gasteiger partial charge in [0, 0.05) is 48.5 Å². The molecule has 0 aliphatic carbocycles. The van der Waals surface area contributed by atoms with Crippen molar-refractivity contribution in [3.63, 3.8) is 0 Å². The van der Waals surface area contributed by atoms with Crippen molar-refractivity contribution >= 4 is 58.0 Å². The first-order valence-corrected chi connectivity index (χ1v) is 11.5. The van der Waals surface area contributed by atoms with Gasteiger partial charge in [0.1, 0.15) is 0 Å². The molecule has 0 spiro atoms. The predicted octanol–water partition coefficient (Wildman–Crippen LogP) is 1.78. The van der Waals surface area contributed by atoms with Crippen molar-refractivity contribution in [3.8, 4) is 0 Å². The molecule has 0 saturated heterocycles. The summed E-state index contributed by atoms with van der Waals surface area (Å²) in [5.41, 5.74) is -0.140. The number of ketones is 2. The minimum absolute atomic E-state index is 0.00264. The number of amides is 2. The topological polar surface area (TPSA) is 119 Å². The van der Waals surface area contributed by atoms with Crippen LogP contribution in [0.5, 0.6) is 0 Å². The van der Waals surface area contributed by atoms with E-state index in [9.17, 15) is 28.8 Å². The van der Waals surface area contributed by atoms with Crippen molar-refractivity contribution in [1.82, 2.24) is 9.13 Å². The number of carbonyl (C=O) groups is 4. The molecule has 0 unspecified atom stereocenters. The van der Waals surface area contributed by atoms with Crippen LogP contribution in [0.1, 0.15) is 20.7 Å². The summed E-state index contributed by atoms with van der Waals surface area (Å²) in [6.45, 7) is -0.249. The van der Waals surface area contributed by atoms with Crippen LogP contribution < -0.4 is 21.0 Å². The SMILES string of the molecule is O=C1C(=O)N(CCn2ccc(=O)n(CCN3C(=O)C(=O)c4cc(Cl)ccc43)c2=O)c2ccc(Cl)cc21. The molecule has 3 heterocycles. The summed E-state index contributed by atoms with van der Waals surface area (Å²) in [5.74, 6) is -2.90. The molecule has 2 aliphatic rings. The number of hydrogen-bond acceptors (Lipinski definition) is 6. The fourth-order valence-electron chi connectivity index (χ4n) is 4.33. The second kappa shape index (κ2) is 8.89. The largest absolute Gasteiger partial charge is 0.331 e. The highest BCUT2D eigenvalue weighted by Crippen LogP contribution is 2.32. The summed E-state index contributed by atoms with van der Waals surface area (Å²) in [7, 11) is 0. The second-order valence-electron chi connectivity index (χ2n) is 8.18. The lowest BCUT2D eigenvalue weighted by Gasteiger charge is -2.19. The van der Waals surface area contributed by atoms with Gasteiger partial charge < -0.3 is 9.80 Å². The fourth-order valence-corrected chi connectivity index (χ4v) is 4.67. The van der Waals surface area contributed by atoms with E-state index in [2.05, 4.69) is 0 Å². The van der Waals surface area contributed by atoms with Crippen LogP contribution in [-0.4, -0.2) is 45.6 Å². The van der Waals surface area contributed by atoms with Gasteiger partial charge in [0.25, 0.3) is 28.9 Å². The van der Waals surface area contributed by atoms with E-state index in [0.717, 1.165) is 4.57 Å². The predicted molar refractivity (Wildman–Crippen MR) is 131 cm³/mol. The molecular formula is C24H16Cl2N4O6. The van der Waals surface area contributed by atoms with Crippen LogP contribution >= 0.6 is 23.2 Å². The standard InChI is InChI=1S/C24H16Cl2N4O6/c25-13-1-3-17-15(11-13)20(32)22(34)28(17)8-7-27-6-5-19(31)30(24(27)36)10-9-29-18-4-2-14(26)12-16(18)21(33)23(29)35/h1-6,11-12H,7-10H2. The lowest BCUT2D eigenvalue weighted by molar-refractivity contribution is -0.114. The zero-order chi connectivity index (χ0) is 25.7. The highest BCUT2D eigenvalue weighted by atomic mass is 35.5. The number of aromatic nitrogens is 2. The Morgan fingerprint density at radius 1 is 0.611 bits per heavy atom. The first kappa shape index (κ1) is 23.7. The molecule has 0 fully saturated rings. The van der Waals surface area contributed by atoms with Gasteiger partial charge in [-0.15, -0.1) is 0 Å². The Bertz CT molecular complexity index is 1610. The van der Waals surface area contributed by atoms with Gasteiger partial charge in [-0.05, 0) is 36.4 Å². The molecule has 10 nitrogen and oxygen atoms in total. The zero-order valence-electron chi connectivity index (χ0n) is 18.4. The molecule has 2 amide bonds. The molecule has 0 bridgehead atoms. The Morgan fingerprint density at radius 3 is 1.64 bits per heavy atom. The number of anilines is 2. The van der Waals surface area contributed by atoms with E-state index < -0.39 is 34.6 Å². The average molecular weight is 527 g/mol. The van der Waals surface area contributed by atoms with Gasteiger partial charge >= 0.3 is 5.69 Å². The van der Waals surface area contributed by atoms with Crippen molar-refractivity contribution in [1.29, 1.82) is 0 Å². The molecule has 0 saturated carbocycles. The van der Waals surface area contributed by atoms with Gasteiger partial charge in [0.05, 0.1) is 22.5 Å². The maximum Gasteiger partial charge on any atom is 0.331 e. The first-order valence-electron chi connectivity index (χ1n) is 10.8. The van der Waals surface area contributed by atoms with E-state index in [0.29, 0.717) is 21.4 Å². The summed E-state index contributed by atoms with van der Waals surface area (Å²) in [6.07, 6.45) is 1.30. The number of nitrogens with zero attached hydrogens (tertiary/aromatic N) is 4. The maximum atomic E-state index is 13.0. The monoisotopic (exact) mass is 526 g/mol. The van der Waals surface area contributed by atoms with E-state index in [-0.39, 0.29) is 37.3 Å². The van der Waals surface area contributed by atoms with Gasteiger partial charge in [-0.25, -0.2) is 4.79 Å². The van der Waals surface area contributed by atoms with Gasteiger partial charge in [-0.2, -0.15) is 0 Å². The molecule has 0 N–H and O–H groups in total. The van der Waals surface area contributed by atoms with Crippen molar-refractivity contribution < 1.29 is 19.2 Å². The molecule has 0 atom stereocenters. The Kier molecular flexibility index (Phi) is 5.85. The Labute approximate surface area is 212 Å². The summed E-state index contributed by atoms with van der Waals surface area (Å²) in [4.78, 5) is 77.4. The van der Waals surface area contributed by atoms with E-state index in [1.807, 2.05) is 0 Å². The maximum absolute atomic E-state index is 13.0. The molecule has 12 heteroatoms. The summed E-state index contributed by atoms with van der Waals surface area (Å²) in [5, 5.41) is 0.631. The van der Waals surface area contributed by atoms with Crippen LogP contribution in [0.2, 0.25) is 10.0 Å². The molecule has 5 rings (SSSR count). The molecule has 36 heavy (non-hydrogen) atoms. The third-order valence-corrected chi connectivity index (χ3v) is 6.59. The number of hydrogen-bond donors (Lipinski definition) is 0. The van der Waals surface area contributed by atoms with Crippen molar-refractivity contribution in [2.24, 2.45) is 0 Å². The zero-order valence-corrected chi connectivity index (χ0v) is 20.0. The third-order valence-electron chi connectivity index (χ3n) is 6.12. The second-order valence-corrected chi connectivity index (χ2v) is 9.05. The average Bonchev–Trinajstić information content (AvgIpc) is 3.23. The molecule has 2 aromatic carbocycles. The summed E-state index contributed by atoms with van der Waals surface area (Å²) < 4.78 is 2.17. The van der Waals surface area contributed by atoms with Crippen molar-refractivity contribution in [2.75, 3.05) is 22.9 Å². The molecule has 1 aromatic heterocycles. The summed E-state index contributed by atoms with van der Waals surface area (Å²) in [6, 6.07) is 10.2. The lowest BCUT2D eigenvalue weighted by Crippen LogP contribution is -2.44. The van der Waals surface area contributed by atoms with Crippen LogP contribution in [0.25, 0.3) is 0 Å². The molecular weight excluding hydrogens is 511 g/mol. The van der Waals surface area contributed by atoms with Gasteiger partial charge in [-0.1, -0.05) is 23.2 Å². The summed E-state index contributed by atoms with van der Waals surface area (Å²) >= 11 is 11.9. The minimum atomic E-state index is -0.771. The van der Waals surface area contributed by atoms with E-state index in [1.165, 1.54) is 50.9 Å². The smallest absolute Gasteiger partial charge is 0.303 e. The van der Waals surface area contributed by atoms with Gasteiger partial charge in [-0.3, -0.25) is 33.1 Å². The molecule has 0 radical (unpaired) electrons. The fraction of sp³-hybridized carbons (Fsp3) is 0.167. The number of Topliss-reactive ketones (excluding diaryl/α,β-unsaturated/α-hetero) is 2. The van der Waals surface area contributed by atoms with Crippen LogP contribution in [0, 0.1) is 0 Å². The number of carbonyl (C=O) groups excluding carboxylic acids is 4. The highest BCUT2D eigenvalue weighted by molar-refractivity contribution is 6.53. The quantitative estimate of drug-likeness (QED) is 0.451. The number of halogens is 2. The van der Waals surface area contributed by atoms with Crippen LogP contribution in [0.4, 0.5) is 11.4 Å². The van der Waals surface area contributed by atoms with E-state index >= 15 is 0 Å². The molecule has 3 aromatic rings. The van der Waals surface area contributed by atoms with Crippen LogP contribution in [-0.2, 0) is 22.7 Å². The van der Waals surface area contributed by atoms with E-state index in [4.69, 9.17) is 23.2 Å². The van der Waals surface area contributed by atoms with Gasteiger partial charge in [0.15, 0.2) is 0 Å². The lowest BCUT2D eigenvalue weighted by atomic mass is 10.1. The number of benzene rings is 2. The van der Waals surface area contributed by atoms with Crippen LogP contribution in [0.15, 0.2) is 58.3 Å². The Morgan fingerprint density at radius 2 is 1.11 bits per heavy atom. The minimum Gasteiger partial charge on any atom is -0.303 e. The molecule has 182 valence electrons. The Balaban J connectivity index is 1.35. The first-order chi connectivity index (χ1) is 17.2. The normalized spacial score (nSPS) is 14.6.